The van der Waals surface area contributed by atoms with E-state index in [1.165, 1.54) is 11.8 Å². The molecule has 3 rings (SSSR count). The molecule has 0 bridgehead atoms. The highest BCUT2D eigenvalue weighted by Gasteiger charge is 2.11. The van der Waals surface area contributed by atoms with Gasteiger partial charge in [0, 0.05) is 11.9 Å². The number of H-pyrrole nitrogens is 1. The number of aromatic nitrogens is 3. The van der Waals surface area contributed by atoms with Crippen LogP contribution in [0, 0.1) is 6.92 Å². The monoisotopic (exact) mass is 360 g/mol. The fourth-order valence-corrected chi connectivity index (χ4v) is 3.26. The number of anilines is 1. The second-order valence-corrected chi connectivity index (χ2v) is 6.77. The summed E-state index contributed by atoms with van der Waals surface area (Å²) in [6.45, 7) is 4.07. The van der Waals surface area contributed by atoms with E-state index < -0.39 is 0 Å². The molecule has 0 aliphatic rings. The van der Waals surface area contributed by atoms with E-state index in [4.69, 9.17) is 11.6 Å². The lowest BCUT2D eigenvalue weighted by molar-refractivity contribution is -0.113. The van der Waals surface area contributed by atoms with Gasteiger partial charge in [-0.25, -0.2) is 9.97 Å². The molecular weight excluding hydrogens is 344 g/mol. The van der Waals surface area contributed by atoms with Gasteiger partial charge in [0.2, 0.25) is 5.91 Å². The number of benzene rings is 1. The molecule has 2 aromatic heterocycles. The van der Waals surface area contributed by atoms with Gasteiger partial charge in [0.25, 0.3) is 0 Å². The minimum atomic E-state index is -0.0598. The number of carbonyl (C=O) groups excluding carboxylic acids is 1. The Balaban J connectivity index is 1.67. The molecule has 5 nitrogen and oxygen atoms in total. The summed E-state index contributed by atoms with van der Waals surface area (Å²) in [6, 6.07) is 7.80. The van der Waals surface area contributed by atoms with Crippen LogP contribution in [0.3, 0.4) is 0 Å². The maximum absolute atomic E-state index is 12.3. The van der Waals surface area contributed by atoms with Crippen LogP contribution in [0.2, 0.25) is 5.02 Å². The van der Waals surface area contributed by atoms with Crippen molar-refractivity contribution in [2.45, 2.75) is 25.4 Å². The first kappa shape index (κ1) is 16.8. The van der Waals surface area contributed by atoms with Gasteiger partial charge in [-0.15, -0.1) is 0 Å². The minimum absolute atomic E-state index is 0.0598. The van der Waals surface area contributed by atoms with Crippen molar-refractivity contribution in [3.63, 3.8) is 0 Å². The van der Waals surface area contributed by atoms with Crippen LogP contribution in [-0.2, 0) is 11.2 Å². The molecule has 124 valence electrons. The van der Waals surface area contributed by atoms with E-state index in [9.17, 15) is 4.79 Å². The number of fused-ring (bicyclic) bond motifs is 1. The smallest absolute Gasteiger partial charge is 0.234 e. The molecule has 0 saturated carbocycles. The third kappa shape index (κ3) is 3.71. The zero-order valence-electron chi connectivity index (χ0n) is 13.4. The van der Waals surface area contributed by atoms with E-state index in [1.54, 1.807) is 12.3 Å². The van der Waals surface area contributed by atoms with Crippen LogP contribution >= 0.6 is 23.4 Å². The maximum atomic E-state index is 12.3. The number of rotatable bonds is 5. The molecular formula is C17H17ClN4OS. The Kier molecular flexibility index (Phi) is 5.06. The minimum Gasteiger partial charge on any atom is -0.331 e. The van der Waals surface area contributed by atoms with Crippen LogP contribution in [-0.4, -0.2) is 26.6 Å². The average Bonchev–Trinajstić information content (AvgIpc) is 2.96. The number of aryl methyl sites for hydroxylation is 2. The molecule has 0 aliphatic heterocycles. The Morgan fingerprint density at radius 3 is 3.04 bits per heavy atom. The van der Waals surface area contributed by atoms with Crippen LogP contribution in [0.5, 0.6) is 0 Å². The van der Waals surface area contributed by atoms with Gasteiger partial charge in [-0.05, 0) is 30.5 Å². The number of imidazole rings is 1. The zero-order valence-corrected chi connectivity index (χ0v) is 15.0. The first-order valence-corrected chi connectivity index (χ1v) is 8.95. The van der Waals surface area contributed by atoms with E-state index in [0.717, 1.165) is 28.8 Å². The second kappa shape index (κ2) is 7.23. The molecule has 0 saturated heterocycles. The molecule has 7 heteroatoms. The van der Waals surface area contributed by atoms with E-state index in [-0.39, 0.29) is 11.7 Å². The van der Waals surface area contributed by atoms with Gasteiger partial charge >= 0.3 is 0 Å². The van der Waals surface area contributed by atoms with Crippen molar-refractivity contribution < 1.29 is 4.79 Å². The summed E-state index contributed by atoms with van der Waals surface area (Å²) >= 11 is 7.24. The third-order valence-electron chi connectivity index (χ3n) is 3.63. The van der Waals surface area contributed by atoms with Gasteiger partial charge in [-0.1, -0.05) is 48.5 Å². The number of amides is 1. The van der Waals surface area contributed by atoms with Crippen molar-refractivity contribution in [3.05, 3.63) is 46.6 Å². The van der Waals surface area contributed by atoms with Crippen molar-refractivity contribution in [1.82, 2.24) is 15.0 Å². The summed E-state index contributed by atoms with van der Waals surface area (Å²) in [5.41, 5.74) is 4.46. The van der Waals surface area contributed by atoms with E-state index in [2.05, 4.69) is 27.2 Å². The van der Waals surface area contributed by atoms with Gasteiger partial charge in [0.05, 0.1) is 16.3 Å². The summed E-state index contributed by atoms with van der Waals surface area (Å²) in [6.07, 6.45) is 2.43. The van der Waals surface area contributed by atoms with Crippen molar-refractivity contribution in [3.8, 4) is 0 Å². The van der Waals surface area contributed by atoms with Crippen LogP contribution < -0.4 is 5.32 Å². The normalized spacial score (nSPS) is 11.0. The highest BCUT2D eigenvalue weighted by Crippen LogP contribution is 2.23. The van der Waals surface area contributed by atoms with Gasteiger partial charge in [-0.2, -0.15) is 0 Å². The standard InChI is InChI=1S/C17H17ClN4OS/c1-3-11-6-4-5-10(2)15(11)21-14(23)9-24-17-20-13-7-12(18)8-19-16(13)22-17/h4-8H,3,9H2,1-2H3,(H,21,23)(H,19,20,22). The largest absolute Gasteiger partial charge is 0.331 e. The number of para-hydroxylation sites is 1. The van der Waals surface area contributed by atoms with Crippen LogP contribution in [0.25, 0.3) is 11.2 Å². The fourth-order valence-electron chi connectivity index (χ4n) is 2.43. The van der Waals surface area contributed by atoms with Gasteiger partial charge in [0.1, 0.15) is 0 Å². The van der Waals surface area contributed by atoms with Crippen molar-refractivity contribution in [2.75, 3.05) is 11.1 Å². The molecule has 0 atom stereocenters. The number of hydrogen-bond acceptors (Lipinski definition) is 4. The molecule has 1 amide bonds. The van der Waals surface area contributed by atoms with Crippen molar-refractivity contribution in [1.29, 1.82) is 0 Å². The lowest BCUT2D eigenvalue weighted by atomic mass is 10.1. The van der Waals surface area contributed by atoms with Gasteiger partial charge < -0.3 is 10.3 Å². The van der Waals surface area contributed by atoms with Crippen LogP contribution in [0.15, 0.2) is 35.6 Å². The van der Waals surface area contributed by atoms with Crippen LogP contribution in [0.4, 0.5) is 5.69 Å². The molecule has 2 heterocycles. The molecule has 0 unspecified atom stereocenters. The zero-order chi connectivity index (χ0) is 17.1. The second-order valence-electron chi connectivity index (χ2n) is 5.37. The number of hydrogen-bond donors (Lipinski definition) is 2. The van der Waals surface area contributed by atoms with Crippen molar-refractivity contribution in [2.24, 2.45) is 0 Å². The molecule has 0 fully saturated rings. The Morgan fingerprint density at radius 1 is 1.42 bits per heavy atom. The first-order valence-electron chi connectivity index (χ1n) is 7.59. The van der Waals surface area contributed by atoms with E-state index in [0.29, 0.717) is 15.8 Å². The number of nitrogens with one attached hydrogen (secondary N) is 2. The Bertz CT molecular complexity index is 893. The van der Waals surface area contributed by atoms with Crippen molar-refractivity contribution >= 4 is 46.1 Å². The number of thioether (sulfide) groups is 1. The Labute approximate surface area is 149 Å². The molecule has 1 aromatic carbocycles. The average molecular weight is 361 g/mol. The SMILES string of the molecule is CCc1cccc(C)c1NC(=O)CSc1nc2ncc(Cl)cc2[nH]1. The molecule has 0 radical (unpaired) electrons. The maximum Gasteiger partial charge on any atom is 0.234 e. The molecule has 24 heavy (non-hydrogen) atoms. The number of carbonyl (C=O) groups is 1. The predicted octanol–water partition coefficient (Wildman–Crippen LogP) is 4.21. The number of halogens is 1. The molecule has 0 aliphatic carbocycles. The Hall–Kier alpha value is -2.05. The van der Waals surface area contributed by atoms with Gasteiger partial charge in [-0.3, -0.25) is 4.79 Å². The number of aromatic amines is 1. The first-order chi connectivity index (χ1) is 11.6. The predicted molar refractivity (Wildman–Crippen MR) is 98.8 cm³/mol. The highest BCUT2D eigenvalue weighted by atomic mass is 35.5. The quantitative estimate of drug-likeness (QED) is 0.668. The summed E-state index contributed by atoms with van der Waals surface area (Å²) in [5.74, 6) is 0.209. The summed E-state index contributed by atoms with van der Waals surface area (Å²) in [5, 5.41) is 4.20. The summed E-state index contributed by atoms with van der Waals surface area (Å²) < 4.78 is 0. The molecule has 3 aromatic rings. The lowest BCUT2D eigenvalue weighted by Gasteiger charge is -2.12. The van der Waals surface area contributed by atoms with E-state index in [1.807, 2.05) is 25.1 Å². The number of pyridine rings is 1. The number of nitrogens with zero attached hydrogens (tertiary/aromatic N) is 2. The summed E-state index contributed by atoms with van der Waals surface area (Å²) in [4.78, 5) is 23.9. The molecule has 2 N–H and O–H groups in total. The Morgan fingerprint density at radius 2 is 2.25 bits per heavy atom. The van der Waals surface area contributed by atoms with Crippen LogP contribution in [0.1, 0.15) is 18.1 Å². The lowest BCUT2D eigenvalue weighted by Crippen LogP contribution is -2.16. The molecule has 0 spiro atoms. The fraction of sp³-hybridized carbons (Fsp3) is 0.235. The third-order valence-corrected chi connectivity index (χ3v) is 4.71. The summed E-state index contributed by atoms with van der Waals surface area (Å²) in [7, 11) is 0. The highest BCUT2D eigenvalue weighted by molar-refractivity contribution is 7.99. The van der Waals surface area contributed by atoms with Gasteiger partial charge in [0.15, 0.2) is 10.8 Å². The van der Waals surface area contributed by atoms with E-state index >= 15 is 0 Å². The topological polar surface area (TPSA) is 70.7 Å².